The lowest BCUT2D eigenvalue weighted by molar-refractivity contribution is -0.120. The zero-order chi connectivity index (χ0) is 15.5. The molecule has 0 bridgehead atoms. The van der Waals surface area contributed by atoms with E-state index in [1.165, 1.54) is 6.33 Å². The SMILES string of the molecule is C[C@H](NC(=O)CN(C)c1ncnc2nc[nH]c12)c1cccs1. The molecule has 1 atom stereocenters. The smallest absolute Gasteiger partial charge is 0.240 e. The molecule has 1 amide bonds. The Balaban J connectivity index is 1.67. The molecule has 3 aromatic heterocycles. The van der Waals surface area contributed by atoms with Crippen LogP contribution in [0.1, 0.15) is 17.8 Å². The first kappa shape index (κ1) is 14.5. The van der Waals surface area contributed by atoms with Crippen LogP contribution >= 0.6 is 11.3 Å². The van der Waals surface area contributed by atoms with Crippen molar-refractivity contribution in [3.8, 4) is 0 Å². The molecule has 0 saturated carbocycles. The van der Waals surface area contributed by atoms with E-state index in [4.69, 9.17) is 0 Å². The van der Waals surface area contributed by atoms with Gasteiger partial charge in [0.15, 0.2) is 11.5 Å². The Morgan fingerprint density at radius 3 is 3.09 bits per heavy atom. The second-order valence-electron chi connectivity index (χ2n) is 4.96. The van der Waals surface area contributed by atoms with Crippen LogP contribution in [-0.2, 0) is 4.79 Å². The molecule has 0 unspecified atom stereocenters. The van der Waals surface area contributed by atoms with Crippen LogP contribution in [0, 0.1) is 0 Å². The van der Waals surface area contributed by atoms with Crippen LogP contribution in [0.3, 0.4) is 0 Å². The number of anilines is 1. The number of H-pyrrole nitrogens is 1. The molecular weight excluding hydrogens is 300 g/mol. The molecule has 3 heterocycles. The van der Waals surface area contributed by atoms with Gasteiger partial charge in [-0.05, 0) is 18.4 Å². The summed E-state index contributed by atoms with van der Waals surface area (Å²) in [5, 5.41) is 4.99. The van der Waals surface area contributed by atoms with Gasteiger partial charge in [0, 0.05) is 11.9 Å². The molecule has 0 fully saturated rings. The zero-order valence-electron chi connectivity index (χ0n) is 12.3. The van der Waals surface area contributed by atoms with Gasteiger partial charge in [0.2, 0.25) is 5.91 Å². The maximum absolute atomic E-state index is 12.2. The number of rotatable bonds is 5. The standard InChI is InChI=1S/C14H16N6OS/c1-9(10-4-3-5-22-10)19-11(21)6-20(2)14-12-13(16-7-15-12)17-8-18-14/h3-5,7-9H,6H2,1-2H3,(H,19,21)(H,15,16,17,18)/t9-/m0/s1. The van der Waals surface area contributed by atoms with E-state index in [0.29, 0.717) is 11.5 Å². The van der Waals surface area contributed by atoms with Crippen LogP contribution in [0.25, 0.3) is 11.2 Å². The molecule has 8 heteroatoms. The Kier molecular flexibility index (Phi) is 4.01. The maximum Gasteiger partial charge on any atom is 0.240 e. The first-order valence-corrected chi connectivity index (χ1v) is 7.71. The summed E-state index contributed by atoms with van der Waals surface area (Å²) in [7, 11) is 1.82. The summed E-state index contributed by atoms with van der Waals surface area (Å²) in [6.07, 6.45) is 3.01. The topological polar surface area (TPSA) is 86.8 Å². The number of nitrogens with zero attached hydrogens (tertiary/aromatic N) is 4. The number of carbonyl (C=O) groups excluding carboxylic acids is 1. The normalized spacial score (nSPS) is 12.3. The molecule has 0 spiro atoms. The summed E-state index contributed by atoms with van der Waals surface area (Å²) < 4.78 is 0. The van der Waals surface area contributed by atoms with E-state index in [1.807, 2.05) is 31.5 Å². The second kappa shape index (κ2) is 6.10. The van der Waals surface area contributed by atoms with Crippen molar-refractivity contribution in [2.45, 2.75) is 13.0 Å². The fraction of sp³-hybridized carbons (Fsp3) is 0.286. The van der Waals surface area contributed by atoms with Gasteiger partial charge in [-0.25, -0.2) is 15.0 Å². The molecule has 0 aromatic carbocycles. The molecule has 114 valence electrons. The number of likely N-dealkylation sites (N-methyl/N-ethyl adjacent to an activating group) is 1. The van der Waals surface area contributed by atoms with E-state index in [2.05, 4.69) is 25.3 Å². The molecule has 2 N–H and O–H groups in total. The molecule has 0 saturated heterocycles. The lowest BCUT2D eigenvalue weighted by Crippen LogP contribution is -2.36. The largest absolute Gasteiger partial charge is 0.348 e. The number of nitrogens with one attached hydrogen (secondary N) is 2. The average Bonchev–Trinajstić information content (AvgIpc) is 3.17. The third-order valence-corrected chi connectivity index (χ3v) is 4.35. The molecule has 3 aromatic rings. The van der Waals surface area contributed by atoms with Gasteiger partial charge in [-0.15, -0.1) is 11.3 Å². The van der Waals surface area contributed by atoms with Crippen LogP contribution in [0.2, 0.25) is 0 Å². The number of carbonyl (C=O) groups is 1. The Hall–Kier alpha value is -2.48. The van der Waals surface area contributed by atoms with Gasteiger partial charge in [-0.3, -0.25) is 4.79 Å². The monoisotopic (exact) mass is 316 g/mol. The summed E-state index contributed by atoms with van der Waals surface area (Å²) >= 11 is 1.63. The molecular formula is C14H16N6OS. The predicted octanol–water partition coefficient (Wildman–Crippen LogP) is 1.73. The lowest BCUT2D eigenvalue weighted by Gasteiger charge is -2.19. The third kappa shape index (κ3) is 2.91. The molecule has 0 radical (unpaired) electrons. The van der Waals surface area contributed by atoms with E-state index in [-0.39, 0.29) is 18.5 Å². The van der Waals surface area contributed by atoms with Crippen LogP contribution in [-0.4, -0.2) is 39.4 Å². The quantitative estimate of drug-likeness (QED) is 0.748. The number of thiophene rings is 1. The van der Waals surface area contributed by atoms with Crippen molar-refractivity contribution in [3.05, 3.63) is 35.0 Å². The summed E-state index contributed by atoms with van der Waals surface area (Å²) in [5.74, 6) is 0.594. The van der Waals surface area contributed by atoms with Crippen LogP contribution in [0.5, 0.6) is 0 Å². The first-order valence-electron chi connectivity index (χ1n) is 6.83. The number of hydrogen-bond donors (Lipinski definition) is 2. The van der Waals surface area contributed by atoms with Gasteiger partial charge in [0.1, 0.15) is 11.8 Å². The van der Waals surface area contributed by atoms with Crippen LogP contribution < -0.4 is 10.2 Å². The minimum Gasteiger partial charge on any atom is -0.348 e. The van der Waals surface area contributed by atoms with Crippen molar-refractivity contribution in [1.29, 1.82) is 0 Å². The summed E-state index contributed by atoms with van der Waals surface area (Å²) in [6.45, 7) is 2.18. The van der Waals surface area contributed by atoms with Crippen molar-refractivity contribution < 1.29 is 4.79 Å². The van der Waals surface area contributed by atoms with Gasteiger partial charge in [-0.1, -0.05) is 6.07 Å². The van der Waals surface area contributed by atoms with Crippen molar-refractivity contribution >= 4 is 34.2 Å². The highest BCUT2D eigenvalue weighted by atomic mass is 32.1. The van der Waals surface area contributed by atoms with Crippen molar-refractivity contribution in [3.63, 3.8) is 0 Å². The Morgan fingerprint density at radius 2 is 2.32 bits per heavy atom. The molecule has 0 aliphatic rings. The highest BCUT2D eigenvalue weighted by molar-refractivity contribution is 7.10. The van der Waals surface area contributed by atoms with E-state index >= 15 is 0 Å². The van der Waals surface area contributed by atoms with Gasteiger partial charge in [-0.2, -0.15) is 0 Å². The minimum absolute atomic E-state index is 0.00141. The van der Waals surface area contributed by atoms with Crippen molar-refractivity contribution in [1.82, 2.24) is 25.3 Å². The highest BCUT2D eigenvalue weighted by Crippen LogP contribution is 2.19. The predicted molar refractivity (Wildman–Crippen MR) is 85.8 cm³/mol. The van der Waals surface area contributed by atoms with Gasteiger partial charge in [0.05, 0.1) is 18.9 Å². The summed E-state index contributed by atoms with van der Waals surface area (Å²) in [4.78, 5) is 30.5. The van der Waals surface area contributed by atoms with E-state index in [9.17, 15) is 4.79 Å². The summed E-state index contributed by atoms with van der Waals surface area (Å²) in [6, 6.07) is 3.99. The molecule has 22 heavy (non-hydrogen) atoms. The molecule has 3 rings (SSSR count). The first-order chi connectivity index (χ1) is 10.6. The lowest BCUT2D eigenvalue weighted by atomic mass is 10.2. The zero-order valence-corrected chi connectivity index (χ0v) is 13.1. The van der Waals surface area contributed by atoms with Gasteiger partial charge in [0.25, 0.3) is 0 Å². The summed E-state index contributed by atoms with van der Waals surface area (Å²) in [5.41, 5.74) is 1.31. The second-order valence-corrected chi connectivity index (χ2v) is 5.94. The third-order valence-electron chi connectivity index (χ3n) is 3.29. The number of aromatic amines is 1. The average molecular weight is 316 g/mol. The molecule has 7 nitrogen and oxygen atoms in total. The number of imidazole rings is 1. The van der Waals surface area contributed by atoms with Crippen molar-refractivity contribution in [2.75, 3.05) is 18.5 Å². The fourth-order valence-electron chi connectivity index (χ4n) is 2.23. The van der Waals surface area contributed by atoms with E-state index in [1.54, 1.807) is 22.6 Å². The fourth-order valence-corrected chi connectivity index (χ4v) is 2.96. The molecule has 0 aliphatic carbocycles. The Morgan fingerprint density at radius 1 is 1.45 bits per heavy atom. The number of amides is 1. The molecule has 0 aliphatic heterocycles. The van der Waals surface area contributed by atoms with E-state index < -0.39 is 0 Å². The number of aromatic nitrogens is 4. The maximum atomic E-state index is 12.2. The van der Waals surface area contributed by atoms with Crippen molar-refractivity contribution in [2.24, 2.45) is 0 Å². The minimum atomic E-state index is -0.0605. The van der Waals surface area contributed by atoms with Gasteiger partial charge >= 0.3 is 0 Å². The van der Waals surface area contributed by atoms with Crippen LogP contribution in [0.15, 0.2) is 30.2 Å². The van der Waals surface area contributed by atoms with Crippen LogP contribution in [0.4, 0.5) is 5.82 Å². The Labute approximate surface area is 131 Å². The van der Waals surface area contributed by atoms with E-state index in [0.717, 1.165) is 10.4 Å². The highest BCUT2D eigenvalue weighted by Gasteiger charge is 2.15. The van der Waals surface area contributed by atoms with Gasteiger partial charge < -0.3 is 15.2 Å². The Bertz CT molecular complexity index is 769. The number of hydrogen-bond acceptors (Lipinski definition) is 6. The number of fused-ring (bicyclic) bond motifs is 1.